The molecule has 1 heterocycles. The molecule has 0 radical (unpaired) electrons. The highest BCUT2D eigenvalue weighted by atomic mass is 32.2. The molecular weight excluding hydrogens is 399 g/mol. The molecule has 0 saturated heterocycles. The first-order chi connectivity index (χ1) is 13.8. The molecule has 0 fully saturated rings. The van der Waals surface area contributed by atoms with Crippen LogP contribution in [0.4, 0.5) is 10.1 Å². The number of carbonyl (C=O) groups excluding carboxylic acids is 1. The molecule has 152 valence electrons. The maximum absolute atomic E-state index is 13.0. The van der Waals surface area contributed by atoms with Crippen LogP contribution < -0.4 is 5.32 Å². The summed E-state index contributed by atoms with van der Waals surface area (Å²) in [7, 11) is -0.622. The highest BCUT2D eigenvalue weighted by Crippen LogP contribution is 2.18. The molecular formula is C19H19FN4O4S. The van der Waals surface area contributed by atoms with Crippen LogP contribution in [0.2, 0.25) is 0 Å². The van der Waals surface area contributed by atoms with E-state index in [0.717, 1.165) is 4.31 Å². The molecule has 8 nitrogen and oxygen atoms in total. The fourth-order valence-corrected chi connectivity index (χ4v) is 3.34. The summed E-state index contributed by atoms with van der Waals surface area (Å²) < 4.78 is 43.3. The summed E-state index contributed by atoms with van der Waals surface area (Å²) in [6, 6.07) is 11.6. The molecule has 2 aromatic carbocycles. The van der Waals surface area contributed by atoms with E-state index < -0.39 is 10.0 Å². The number of halogens is 1. The van der Waals surface area contributed by atoms with Crippen molar-refractivity contribution in [3.05, 3.63) is 60.2 Å². The lowest BCUT2D eigenvalue weighted by molar-refractivity contribution is -0.116. The Hall–Kier alpha value is -3.11. The quantitative estimate of drug-likeness (QED) is 0.632. The van der Waals surface area contributed by atoms with Gasteiger partial charge in [-0.2, -0.15) is 4.98 Å². The molecule has 0 atom stereocenters. The number of hydrogen-bond acceptors (Lipinski definition) is 6. The van der Waals surface area contributed by atoms with Gasteiger partial charge < -0.3 is 9.84 Å². The lowest BCUT2D eigenvalue weighted by Gasteiger charge is -2.11. The summed E-state index contributed by atoms with van der Waals surface area (Å²) in [5.74, 6) is -0.0405. The summed E-state index contributed by atoms with van der Waals surface area (Å²) >= 11 is 0. The van der Waals surface area contributed by atoms with Gasteiger partial charge in [-0.05, 0) is 48.5 Å². The average Bonchev–Trinajstić information content (AvgIpc) is 3.16. The Kier molecular flexibility index (Phi) is 6.04. The van der Waals surface area contributed by atoms with Crippen LogP contribution >= 0.6 is 0 Å². The maximum atomic E-state index is 13.0. The van der Waals surface area contributed by atoms with Crippen molar-refractivity contribution in [2.75, 3.05) is 19.4 Å². The van der Waals surface area contributed by atoms with E-state index in [4.69, 9.17) is 4.52 Å². The molecule has 10 heteroatoms. The van der Waals surface area contributed by atoms with Crippen LogP contribution in [0.3, 0.4) is 0 Å². The van der Waals surface area contributed by atoms with Gasteiger partial charge in [-0.15, -0.1) is 0 Å². The minimum atomic E-state index is -3.52. The van der Waals surface area contributed by atoms with E-state index >= 15 is 0 Å². The van der Waals surface area contributed by atoms with Gasteiger partial charge in [0.25, 0.3) is 0 Å². The van der Waals surface area contributed by atoms with Gasteiger partial charge in [0.05, 0.1) is 4.90 Å². The Morgan fingerprint density at radius 2 is 1.76 bits per heavy atom. The number of benzene rings is 2. The third-order valence-corrected chi connectivity index (χ3v) is 5.88. The van der Waals surface area contributed by atoms with Crippen molar-refractivity contribution in [1.82, 2.24) is 14.4 Å². The lowest BCUT2D eigenvalue weighted by atomic mass is 10.2. The number of aromatic nitrogens is 2. The molecule has 0 aliphatic carbocycles. The predicted octanol–water partition coefficient (Wildman–Crippen LogP) is 2.70. The largest absolute Gasteiger partial charge is 0.339 e. The first-order valence-electron chi connectivity index (χ1n) is 8.66. The summed E-state index contributed by atoms with van der Waals surface area (Å²) in [5.41, 5.74) is 1.09. The van der Waals surface area contributed by atoms with Crippen LogP contribution in [-0.4, -0.2) is 42.9 Å². The summed E-state index contributed by atoms with van der Waals surface area (Å²) in [6.07, 6.45) is 0.329. The summed E-state index contributed by atoms with van der Waals surface area (Å²) in [4.78, 5) is 16.5. The number of hydrogen-bond donors (Lipinski definition) is 1. The smallest absolute Gasteiger partial charge is 0.242 e. The van der Waals surface area contributed by atoms with Crippen molar-refractivity contribution in [2.24, 2.45) is 0 Å². The molecule has 0 bridgehead atoms. The number of anilines is 1. The number of carbonyl (C=O) groups is 1. The van der Waals surface area contributed by atoms with E-state index in [2.05, 4.69) is 15.5 Å². The third kappa shape index (κ3) is 5.04. The van der Waals surface area contributed by atoms with E-state index in [1.54, 1.807) is 0 Å². The molecule has 1 aromatic heterocycles. The van der Waals surface area contributed by atoms with Crippen molar-refractivity contribution in [2.45, 2.75) is 17.7 Å². The van der Waals surface area contributed by atoms with E-state index in [1.165, 1.54) is 62.6 Å². The molecule has 0 aliphatic rings. The van der Waals surface area contributed by atoms with E-state index in [0.29, 0.717) is 17.1 Å². The Morgan fingerprint density at radius 3 is 2.38 bits per heavy atom. The van der Waals surface area contributed by atoms with Crippen molar-refractivity contribution in [1.29, 1.82) is 0 Å². The van der Waals surface area contributed by atoms with Crippen LogP contribution in [0.25, 0.3) is 11.4 Å². The fourth-order valence-electron chi connectivity index (χ4n) is 2.44. The van der Waals surface area contributed by atoms with Gasteiger partial charge >= 0.3 is 0 Å². The molecule has 0 aliphatic heterocycles. The van der Waals surface area contributed by atoms with Gasteiger partial charge in [0.15, 0.2) is 0 Å². The van der Waals surface area contributed by atoms with Crippen molar-refractivity contribution < 1.29 is 22.1 Å². The summed E-state index contributed by atoms with van der Waals surface area (Å²) in [5, 5.41) is 6.51. The van der Waals surface area contributed by atoms with E-state index in [9.17, 15) is 17.6 Å². The number of sulfonamides is 1. The number of amides is 1. The third-order valence-electron chi connectivity index (χ3n) is 4.05. The maximum Gasteiger partial charge on any atom is 0.242 e. The standard InChI is InChI=1S/C19H19FN4O4S/c1-24(2)29(26,27)16-9-7-15(8-10-16)21-17(25)11-12-18-22-19(23-28-18)13-3-5-14(20)6-4-13/h3-10H,11-12H2,1-2H3,(H,21,25). The molecule has 29 heavy (non-hydrogen) atoms. The van der Waals surface area contributed by atoms with Crippen LogP contribution in [0.1, 0.15) is 12.3 Å². The first kappa shape index (κ1) is 20.6. The zero-order valence-corrected chi connectivity index (χ0v) is 16.6. The topological polar surface area (TPSA) is 105 Å². The van der Waals surface area contributed by atoms with Gasteiger partial charge in [0.1, 0.15) is 5.82 Å². The van der Waals surface area contributed by atoms with Crippen molar-refractivity contribution >= 4 is 21.6 Å². The Bertz CT molecular complexity index is 1090. The Morgan fingerprint density at radius 1 is 1.10 bits per heavy atom. The van der Waals surface area contributed by atoms with E-state index in [1.807, 2.05) is 0 Å². The second-order valence-electron chi connectivity index (χ2n) is 6.38. The van der Waals surface area contributed by atoms with Gasteiger partial charge in [-0.1, -0.05) is 5.16 Å². The van der Waals surface area contributed by atoms with Crippen molar-refractivity contribution in [3.63, 3.8) is 0 Å². The Labute approximate surface area is 167 Å². The average molecular weight is 418 g/mol. The molecule has 0 saturated carbocycles. The molecule has 1 amide bonds. The van der Waals surface area contributed by atoms with Gasteiger partial charge in [0, 0.05) is 38.2 Å². The number of nitrogens with one attached hydrogen (secondary N) is 1. The van der Waals surface area contributed by atoms with Crippen LogP contribution in [0, 0.1) is 5.82 Å². The minimum Gasteiger partial charge on any atom is -0.339 e. The van der Waals surface area contributed by atoms with Gasteiger partial charge in [0.2, 0.25) is 27.6 Å². The van der Waals surface area contributed by atoms with E-state index in [-0.39, 0.29) is 35.4 Å². The Balaban J connectivity index is 1.56. The van der Waals surface area contributed by atoms with Crippen LogP contribution in [0.5, 0.6) is 0 Å². The molecule has 1 N–H and O–H groups in total. The minimum absolute atomic E-state index is 0.1000. The van der Waals surface area contributed by atoms with Crippen molar-refractivity contribution in [3.8, 4) is 11.4 Å². The predicted molar refractivity (Wildman–Crippen MR) is 104 cm³/mol. The zero-order chi connectivity index (χ0) is 21.0. The molecule has 0 spiro atoms. The molecule has 3 aromatic rings. The lowest BCUT2D eigenvalue weighted by Crippen LogP contribution is -2.22. The zero-order valence-electron chi connectivity index (χ0n) is 15.8. The molecule has 0 unspecified atom stereocenters. The SMILES string of the molecule is CN(C)S(=O)(=O)c1ccc(NC(=O)CCc2nc(-c3ccc(F)cc3)no2)cc1. The second-order valence-corrected chi connectivity index (χ2v) is 8.53. The number of aryl methyl sites for hydroxylation is 1. The van der Waals surface area contributed by atoms with Crippen LogP contribution in [-0.2, 0) is 21.2 Å². The van der Waals surface area contributed by atoms with Gasteiger partial charge in [-0.25, -0.2) is 17.1 Å². The number of rotatable bonds is 7. The highest BCUT2D eigenvalue weighted by Gasteiger charge is 2.17. The fraction of sp³-hybridized carbons (Fsp3) is 0.211. The first-order valence-corrected chi connectivity index (χ1v) is 10.1. The normalized spacial score (nSPS) is 11.6. The number of nitrogens with zero attached hydrogens (tertiary/aromatic N) is 3. The monoisotopic (exact) mass is 418 g/mol. The highest BCUT2D eigenvalue weighted by molar-refractivity contribution is 7.89. The van der Waals surface area contributed by atoms with Gasteiger partial charge in [-0.3, -0.25) is 4.79 Å². The summed E-state index contributed by atoms with van der Waals surface area (Å²) in [6.45, 7) is 0. The molecule has 3 rings (SSSR count). The van der Waals surface area contributed by atoms with Crippen LogP contribution in [0.15, 0.2) is 57.9 Å². The second kappa shape index (κ2) is 8.50.